The quantitative estimate of drug-likeness (QED) is 0.687. The van der Waals surface area contributed by atoms with E-state index in [0.717, 1.165) is 35.0 Å². The van der Waals surface area contributed by atoms with Crippen LogP contribution in [0.3, 0.4) is 0 Å². The molecule has 0 atom stereocenters. The van der Waals surface area contributed by atoms with Gasteiger partial charge in [-0.3, -0.25) is 4.79 Å². The third-order valence-corrected chi connectivity index (χ3v) is 4.36. The van der Waals surface area contributed by atoms with Crippen LogP contribution in [0.5, 0.6) is 5.75 Å². The molecule has 0 aliphatic carbocycles. The van der Waals surface area contributed by atoms with Crippen molar-refractivity contribution in [3.8, 4) is 5.75 Å². The molecule has 0 unspecified atom stereocenters. The van der Waals surface area contributed by atoms with Gasteiger partial charge in [0.1, 0.15) is 16.6 Å². The van der Waals surface area contributed by atoms with E-state index in [1.807, 2.05) is 24.3 Å². The minimum Gasteiger partial charge on any atom is -0.493 e. The maximum Gasteiger partial charge on any atom is 0.140 e. The van der Waals surface area contributed by atoms with Crippen LogP contribution < -0.4 is 4.74 Å². The zero-order valence-corrected chi connectivity index (χ0v) is 14.7. The molecular weight excluding hydrogens is 310 g/mol. The molecule has 0 radical (unpaired) electrons. The van der Waals surface area contributed by atoms with Gasteiger partial charge in [-0.2, -0.15) is 5.10 Å². The summed E-state index contributed by atoms with van der Waals surface area (Å²) >= 11 is 1.46. The van der Waals surface area contributed by atoms with Gasteiger partial charge in [-0.15, -0.1) is 16.9 Å². The topological polar surface area (TPSA) is 54.3 Å². The molecule has 23 heavy (non-hydrogen) atoms. The number of Topliss-reactive ketones (excluding diaryl/α,β-unsaturated/α-hetero) is 1. The van der Waals surface area contributed by atoms with E-state index in [4.69, 9.17) is 4.74 Å². The van der Waals surface area contributed by atoms with Crippen molar-refractivity contribution in [2.45, 2.75) is 19.8 Å². The SMILES string of the molecule is CC(=O)CSC1=NN=C(c2ccccc2OCCCN(C)C)C1. The Bertz CT molecular complexity index is 612. The number of ether oxygens (including phenoxy) is 1. The Morgan fingerprint density at radius 1 is 1.30 bits per heavy atom. The number of carbonyl (C=O) groups excluding carboxylic acids is 1. The molecule has 6 heteroatoms. The third-order valence-electron chi connectivity index (χ3n) is 3.25. The highest BCUT2D eigenvalue weighted by molar-refractivity contribution is 8.14. The van der Waals surface area contributed by atoms with Gasteiger partial charge in [0.2, 0.25) is 0 Å². The van der Waals surface area contributed by atoms with E-state index in [0.29, 0.717) is 18.8 Å². The van der Waals surface area contributed by atoms with Crippen LogP contribution in [0.15, 0.2) is 34.5 Å². The van der Waals surface area contributed by atoms with Crippen molar-refractivity contribution in [2.75, 3.05) is 33.0 Å². The lowest BCUT2D eigenvalue weighted by molar-refractivity contribution is -0.114. The molecule has 0 bridgehead atoms. The van der Waals surface area contributed by atoms with Gasteiger partial charge in [-0.1, -0.05) is 12.1 Å². The van der Waals surface area contributed by atoms with Crippen molar-refractivity contribution in [2.24, 2.45) is 10.2 Å². The van der Waals surface area contributed by atoms with Crippen LogP contribution in [0.25, 0.3) is 0 Å². The Labute approximate surface area is 141 Å². The fourth-order valence-electron chi connectivity index (χ4n) is 2.14. The van der Waals surface area contributed by atoms with E-state index in [1.165, 1.54) is 11.8 Å². The molecule has 1 aliphatic rings. The second-order valence-electron chi connectivity index (χ2n) is 5.71. The van der Waals surface area contributed by atoms with Crippen LogP contribution in [-0.4, -0.2) is 54.4 Å². The van der Waals surface area contributed by atoms with Crippen LogP contribution in [0, 0.1) is 0 Å². The zero-order valence-electron chi connectivity index (χ0n) is 13.9. The summed E-state index contributed by atoms with van der Waals surface area (Å²) in [4.78, 5) is 13.2. The molecule has 0 fully saturated rings. The molecule has 1 aliphatic heterocycles. The van der Waals surface area contributed by atoms with Gasteiger partial charge >= 0.3 is 0 Å². The Hall–Kier alpha value is -1.66. The number of carbonyl (C=O) groups is 1. The first-order valence-electron chi connectivity index (χ1n) is 7.69. The average molecular weight is 333 g/mol. The Kier molecular flexibility index (Phi) is 6.80. The summed E-state index contributed by atoms with van der Waals surface area (Å²) in [5.41, 5.74) is 1.89. The average Bonchev–Trinajstić information content (AvgIpc) is 2.98. The van der Waals surface area contributed by atoms with Crippen LogP contribution in [-0.2, 0) is 4.79 Å². The second kappa shape index (κ2) is 8.84. The van der Waals surface area contributed by atoms with Crippen molar-refractivity contribution >= 4 is 28.3 Å². The van der Waals surface area contributed by atoms with Crippen molar-refractivity contribution in [1.29, 1.82) is 0 Å². The van der Waals surface area contributed by atoms with E-state index in [-0.39, 0.29) is 5.78 Å². The van der Waals surface area contributed by atoms with Gasteiger partial charge in [-0.05, 0) is 39.6 Å². The van der Waals surface area contributed by atoms with E-state index in [9.17, 15) is 4.79 Å². The fraction of sp³-hybridized carbons (Fsp3) is 0.471. The van der Waals surface area contributed by atoms with Gasteiger partial charge in [0.05, 0.1) is 18.1 Å². The summed E-state index contributed by atoms with van der Waals surface area (Å²) in [6.07, 6.45) is 1.64. The van der Waals surface area contributed by atoms with Crippen molar-refractivity contribution in [3.63, 3.8) is 0 Å². The largest absolute Gasteiger partial charge is 0.493 e. The molecular formula is C17H23N3O2S. The number of para-hydroxylation sites is 1. The molecule has 0 aromatic heterocycles. The predicted octanol–water partition coefficient (Wildman–Crippen LogP) is 2.85. The monoisotopic (exact) mass is 333 g/mol. The number of hydrogen-bond donors (Lipinski definition) is 0. The van der Waals surface area contributed by atoms with E-state index in [2.05, 4.69) is 29.2 Å². The molecule has 0 saturated carbocycles. The van der Waals surface area contributed by atoms with Crippen molar-refractivity contribution in [1.82, 2.24) is 4.90 Å². The zero-order chi connectivity index (χ0) is 16.7. The highest BCUT2D eigenvalue weighted by Gasteiger charge is 2.18. The smallest absolute Gasteiger partial charge is 0.140 e. The summed E-state index contributed by atoms with van der Waals surface area (Å²) in [6, 6.07) is 7.92. The molecule has 0 N–H and O–H groups in total. The van der Waals surface area contributed by atoms with Gasteiger partial charge < -0.3 is 9.64 Å². The Balaban J connectivity index is 1.92. The summed E-state index contributed by atoms with van der Waals surface area (Å²) in [6.45, 7) is 3.26. The lowest BCUT2D eigenvalue weighted by atomic mass is 10.1. The molecule has 124 valence electrons. The number of hydrogen-bond acceptors (Lipinski definition) is 6. The van der Waals surface area contributed by atoms with Gasteiger partial charge in [0.25, 0.3) is 0 Å². The van der Waals surface area contributed by atoms with Gasteiger partial charge in [0, 0.05) is 18.5 Å². The third kappa shape index (κ3) is 5.80. The summed E-state index contributed by atoms with van der Waals surface area (Å²) in [7, 11) is 4.11. The molecule has 0 spiro atoms. The molecule has 0 amide bonds. The van der Waals surface area contributed by atoms with E-state index in [1.54, 1.807) is 6.92 Å². The number of ketones is 1. The number of nitrogens with zero attached hydrogens (tertiary/aromatic N) is 3. The highest BCUT2D eigenvalue weighted by atomic mass is 32.2. The standard InChI is InChI=1S/C17H23N3O2S/c1-13(21)12-23-17-11-15(18-19-17)14-7-4-5-8-16(14)22-10-6-9-20(2)3/h4-5,7-8H,6,9-12H2,1-3H3. The summed E-state index contributed by atoms with van der Waals surface area (Å²) in [5, 5.41) is 9.33. The van der Waals surface area contributed by atoms with Crippen molar-refractivity contribution in [3.05, 3.63) is 29.8 Å². The first-order chi connectivity index (χ1) is 11.1. The number of benzene rings is 1. The minimum atomic E-state index is 0.149. The normalized spacial score (nSPS) is 13.9. The first kappa shape index (κ1) is 17.7. The van der Waals surface area contributed by atoms with E-state index < -0.39 is 0 Å². The van der Waals surface area contributed by atoms with Crippen LogP contribution in [0.2, 0.25) is 0 Å². The number of thioether (sulfide) groups is 1. The molecule has 1 aromatic rings. The number of rotatable bonds is 8. The fourth-order valence-corrected chi connectivity index (χ4v) is 2.85. The van der Waals surface area contributed by atoms with E-state index >= 15 is 0 Å². The lowest BCUT2D eigenvalue weighted by Crippen LogP contribution is -2.16. The maximum absolute atomic E-state index is 11.1. The molecule has 5 nitrogen and oxygen atoms in total. The van der Waals surface area contributed by atoms with Gasteiger partial charge in [-0.25, -0.2) is 0 Å². The van der Waals surface area contributed by atoms with Crippen molar-refractivity contribution < 1.29 is 9.53 Å². The molecule has 2 rings (SSSR count). The van der Waals surface area contributed by atoms with Gasteiger partial charge in [0.15, 0.2) is 0 Å². The molecule has 0 saturated heterocycles. The van der Waals surface area contributed by atoms with Crippen LogP contribution in [0.1, 0.15) is 25.3 Å². The Morgan fingerprint density at radius 3 is 2.83 bits per heavy atom. The van der Waals surface area contributed by atoms with Crippen LogP contribution >= 0.6 is 11.8 Å². The van der Waals surface area contributed by atoms with Crippen LogP contribution in [0.4, 0.5) is 0 Å². The first-order valence-corrected chi connectivity index (χ1v) is 8.67. The lowest BCUT2D eigenvalue weighted by Gasteiger charge is -2.13. The second-order valence-corrected chi connectivity index (χ2v) is 6.76. The Morgan fingerprint density at radius 2 is 2.09 bits per heavy atom. The highest BCUT2D eigenvalue weighted by Crippen LogP contribution is 2.25. The summed E-state index contributed by atoms with van der Waals surface area (Å²) < 4.78 is 5.91. The maximum atomic E-state index is 11.1. The molecule has 1 heterocycles. The molecule has 1 aromatic carbocycles. The predicted molar refractivity (Wildman–Crippen MR) is 96.8 cm³/mol. The summed E-state index contributed by atoms with van der Waals surface area (Å²) in [5.74, 6) is 1.44. The minimum absolute atomic E-state index is 0.149.